The van der Waals surface area contributed by atoms with Crippen LogP contribution in [-0.2, 0) is 11.2 Å². The standard InChI is InChI=1S/C15H21ClN2O2/c1-11-8-13(16)9-12(15(11)20-3)10-14(19)18-6-4-17(2)5-7-18/h8-9H,4-7,10H2,1-3H3. The lowest BCUT2D eigenvalue weighted by molar-refractivity contribution is -0.132. The molecule has 0 bridgehead atoms. The fraction of sp³-hybridized carbons (Fsp3) is 0.533. The molecular formula is C15H21ClN2O2. The highest BCUT2D eigenvalue weighted by atomic mass is 35.5. The third-order valence-electron chi connectivity index (χ3n) is 3.72. The second-order valence-electron chi connectivity index (χ2n) is 5.28. The lowest BCUT2D eigenvalue weighted by Gasteiger charge is -2.32. The molecule has 4 nitrogen and oxygen atoms in total. The van der Waals surface area contributed by atoms with Gasteiger partial charge in [-0.3, -0.25) is 4.79 Å². The molecule has 0 atom stereocenters. The van der Waals surface area contributed by atoms with E-state index < -0.39 is 0 Å². The number of carbonyl (C=O) groups excluding carboxylic acids is 1. The van der Waals surface area contributed by atoms with Gasteiger partial charge >= 0.3 is 0 Å². The molecule has 0 N–H and O–H groups in total. The van der Waals surface area contributed by atoms with Crippen molar-refractivity contribution in [1.29, 1.82) is 0 Å². The molecule has 1 aliphatic heterocycles. The van der Waals surface area contributed by atoms with Gasteiger partial charge in [0, 0.05) is 36.8 Å². The second kappa shape index (κ2) is 6.46. The maximum absolute atomic E-state index is 12.4. The van der Waals surface area contributed by atoms with Crippen LogP contribution in [0.15, 0.2) is 12.1 Å². The SMILES string of the molecule is COc1c(C)cc(Cl)cc1CC(=O)N1CCN(C)CC1. The molecule has 0 radical (unpaired) electrons. The Morgan fingerprint density at radius 2 is 1.95 bits per heavy atom. The Morgan fingerprint density at radius 1 is 1.30 bits per heavy atom. The summed E-state index contributed by atoms with van der Waals surface area (Å²) in [4.78, 5) is 16.5. The average Bonchev–Trinajstić information content (AvgIpc) is 2.39. The highest BCUT2D eigenvalue weighted by molar-refractivity contribution is 6.30. The van der Waals surface area contributed by atoms with E-state index in [0.29, 0.717) is 11.4 Å². The Hall–Kier alpha value is -1.26. The number of hydrogen-bond acceptors (Lipinski definition) is 3. The molecule has 5 heteroatoms. The molecule has 0 aliphatic carbocycles. The summed E-state index contributed by atoms with van der Waals surface area (Å²) < 4.78 is 5.40. The van der Waals surface area contributed by atoms with Crippen molar-refractivity contribution >= 4 is 17.5 Å². The number of ether oxygens (including phenoxy) is 1. The van der Waals surface area contributed by atoms with Gasteiger partial charge in [-0.15, -0.1) is 0 Å². The molecule has 0 spiro atoms. The van der Waals surface area contributed by atoms with Crippen molar-refractivity contribution < 1.29 is 9.53 Å². The maximum Gasteiger partial charge on any atom is 0.227 e. The Kier molecular flexibility index (Phi) is 4.89. The zero-order valence-electron chi connectivity index (χ0n) is 12.3. The molecule has 110 valence electrons. The molecule has 1 fully saturated rings. The van der Waals surface area contributed by atoms with Crippen LogP contribution in [0.1, 0.15) is 11.1 Å². The molecule has 1 aromatic carbocycles. The van der Waals surface area contributed by atoms with Crippen molar-refractivity contribution in [1.82, 2.24) is 9.80 Å². The highest BCUT2D eigenvalue weighted by Gasteiger charge is 2.21. The highest BCUT2D eigenvalue weighted by Crippen LogP contribution is 2.28. The second-order valence-corrected chi connectivity index (χ2v) is 5.71. The quantitative estimate of drug-likeness (QED) is 0.855. The number of methoxy groups -OCH3 is 1. The minimum Gasteiger partial charge on any atom is -0.496 e. The fourth-order valence-corrected chi connectivity index (χ4v) is 2.85. The topological polar surface area (TPSA) is 32.8 Å². The molecule has 0 aromatic heterocycles. The number of nitrogens with zero attached hydrogens (tertiary/aromatic N) is 2. The molecule has 1 amide bonds. The largest absolute Gasteiger partial charge is 0.496 e. The fourth-order valence-electron chi connectivity index (χ4n) is 2.55. The molecule has 1 aromatic rings. The predicted molar refractivity (Wildman–Crippen MR) is 80.5 cm³/mol. The van der Waals surface area contributed by atoms with E-state index in [1.807, 2.05) is 24.0 Å². The van der Waals surface area contributed by atoms with Gasteiger partial charge in [0.25, 0.3) is 0 Å². The van der Waals surface area contributed by atoms with Crippen molar-refractivity contribution in [3.8, 4) is 5.75 Å². The van der Waals surface area contributed by atoms with Crippen molar-refractivity contribution in [3.63, 3.8) is 0 Å². The van der Waals surface area contributed by atoms with Crippen molar-refractivity contribution in [2.24, 2.45) is 0 Å². The first-order chi connectivity index (χ1) is 9.51. The van der Waals surface area contributed by atoms with Gasteiger partial charge in [0.15, 0.2) is 0 Å². The van der Waals surface area contributed by atoms with E-state index in [-0.39, 0.29) is 5.91 Å². The molecule has 1 saturated heterocycles. The Morgan fingerprint density at radius 3 is 2.55 bits per heavy atom. The zero-order chi connectivity index (χ0) is 14.7. The van der Waals surface area contributed by atoms with Crippen LogP contribution < -0.4 is 4.74 Å². The van der Waals surface area contributed by atoms with E-state index in [9.17, 15) is 4.79 Å². The van der Waals surface area contributed by atoms with E-state index >= 15 is 0 Å². The summed E-state index contributed by atoms with van der Waals surface area (Å²) in [6, 6.07) is 3.67. The third kappa shape index (κ3) is 3.44. The van der Waals surface area contributed by atoms with Crippen LogP contribution in [0.2, 0.25) is 5.02 Å². The number of piperazine rings is 1. The van der Waals surface area contributed by atoms with Gasteiger partial charge in [0.1, 0.15) is 5.75 Å². The normalized spacial score (nSPS) is 16.3. The Balaban J connectivity index is 2.11. The summed E-state index contributed by atoms with van der Waals surface area (Å²) >= 11 is 6.08. The van der Waals surface area contributed by atoms with Gasteiger partial charge in [-0.2, -0.15) is 0 Å². The lowest BCUT2D eigenvalue weighted by Crippen LogP contribution is -2.47. The molecule has 0 saturated carbocycles. The number of halogens is 1. The van der Waals surface area contributed by atoms with Gasteiger partial charge in [-0.1, -0.05) is 11.6 Å². The van der Waals surface area contributed by atoms with Crippen LogP contribution in [0.4, 0.5) is 0 Å². The average molecular weight is 297 g/mol. The molecule has 20 heavy (non-hydrogen) atoms. The Labute approximate surface area is 125 Å². The Bertz CT molecular complexity index is 497. The molecular weight excluding hydrogens is 276 g/mol. The van der Waals surface area contributed by atoms with Crippen LogP contribution in [0.25, 0.3) is 0 Å². The minimum absolute atomic E-state index is 0.137. The van der Waals surface area contributed by atoms with Gasteiger partial charge in [-0.05, 0) is 31.7 Å². The maximum atomic E-state index is 12.4. The first kappa shape index (κ1) is 15.1. The summed E-state index contributed by atoms with van der Waals surface area (Å²) in [6.45, 7) is 5.37. The summed E-state index contributed by atoms with van der Waals surface area (Å²) in [5.74, 6) is 0.898. The summed E-state index contributed by atoms with van der Waals surface area (Å²) in [5.41, 5.74) is 1.82. The van der Waals surface area contributed by atoms with Crippen molar-refractivity contribution in [3.05, 3.63) is 28.3 Å². The van der Waals surface area contributed by atoms with Crippen molar-refractivity contribution in [2.45, 2.75) is 13.3 Å². The van der Waals surface area contributed by atoms with Crippen LogP contribution in [0, 0.1) is 6.92 Å². The van der Waals surface area contributed by atoms with Crippen LogP contribution in [0.5, 0.6) is 5.75 Å². The molecule has 1 heterocycles. The molecule has 2 rings (SSSR count). The summed E-state index contributed by atoms with van der Waals surface area (Å²) in [7, 11) is 3.70. The number of rotatable bonds is 3. The molecule has 0 unspecified atom stereocenters. The summed E-state index contributed by atoms with van der Waals surface area (Å²) in [6.07, 6.45) is 0.342. The summed E-state index contributed by atoms with van der Waals surface area (Å²) in [5, 5.41) is 0.643. The number of carbonyl (C=O) groups is 1. The van der Waals surface area contributed by atoms with Gasteiger partial charge < -0.3 is 14.5 Å². The van der Waals surface area contributed by atoms with E-state index in [4.69, 9.17) is 16.3 Å². The molecule has 1 aliphatic rings. The number of hydrogen-bond donors (Lipinski definition) is 0. The minimum atomic E-state index is 0.137. The number of benzene rings is 1. The van der Waals surface area contributed by atoms with Gasteiger partial charge in [-0.25, -0.2) is 0 Å². The first-order valence-corrected chi connectivity index (χ1v) is 7.18. The number of amides is 1. The predicted octanol–water partition coefficient (Wildman–Crippen LogP) is 1.97. The van der Waals surface area contributed by atoms with E-state index in [2.05, 4.69) is 11.9 Å². The van der Waals surface area contributed by atoms with Crippen LogP contribution in [0.3, 0.4) is 0 Å². The monoisotopic (exact) mass is 296 g/mol. The van der Waals surface area contributed by atoms with Crippen LogP contribution in [-0.4, -0.2) is 56.0 Å². The lowest BCUT2D eigenvalue weighted by atomic mass is 10.1. The van der Waals surface area contributed by atoms with Crippen LogP contribution >= 0.6 is 11.6 Å². The smallest absolute Gasteiger partial charge is 0.227 e. The number of likely N-dealkylation sites (N-methyl/N-ethyl adjacent to an activating group) is 1. The zero-order valence-corrected chi connectivity index (χ0v) is 13.0. The van der Waals surface area contributed by atoms with E-state index in [0.717, 1.165) is 43.1 Å². The van der Waals surface area contributed by atoms with Gasteiger partial charge in [0.05, 0.1) is 13.5 Å². The van der Waals surface area contributed by atoms with E-state index in [1.54, 1.807) is 7.11 Å². The van der Waals surface area contributed by atoms with E-state index in [1.165, 1.54) is 0 Å². The first-order valence-electron chi connectivity index (χ1n) is 6.80. The van der Waals surface area contributed by atoms with Crippen molar-refractivity contribution in [2.75, 3.05) is 40.3 Å². The third-order valence-corrected chi connectivity index (χ3v) is 3.94. The van der Waals surface area contributed by atoms with Gasteiger partial charge in [0.2, 0.25) is 5.91 Å². The number of aryl methyl sites for hydroxylation is 1.